The number of H-pyrrole nitrogens is 1. The molecule has 0 aliphatic heterocycles. The molecule has 114 valence electrons. The summed E-state index contributed by atoms with van der Waals surface area (Å²) >= 11 is 5.45. The van der Waals surface area contributed by atoms with Gasteiger partial charge in [-0.15, -0.1) is 0 Å². The molecule has 2 rings (SSSR count). The average Bonchev–Trinajstić information content (AvgIpc) is 2.49. The fraction of sp³-hybridized carbons (Fsp3) is 0.0769. The van der Waals surface area contributed by atoms with Gasteiger partial charge in [0.15, 0.2) is 10.8 Å². The zero-order valence-electron chi connectivity index (χ0n) is 11.0. The van der Waals surface area contributed by atoms with Crippen molar-refractivity contribution >= 4 is 29.5 Å². The topological polar surface area (TPSA) is 121 Å². The summed E-state index contributed by atoms with van der Waals surface area (Å²) in [5.41, 5.74) is -0.676. The van der Waals surface area contributed by atoms with Crippen molar-refractivity contribution in [3.8, 4) is 0 Å². The summed E-state index contributed by atoms with van der Waals surface area (Å²) in [6.45, 7) is -0.0136. The predicted molar refractivity (Wildman–Crippen MR) is 77.1 cm³/mol. The number of nitrogens with one attached hydrogen (secondary N) is 2. The molecule has 3 N–H and O–H groups in total. The molecular formula is C13H10ClN3O5. The fourth-order valence-electron chi connectivity index (χ4n) is 1.54. The number of aromatic nitrogens is 2. The molecule has 0 bridgehead atoms. The molecule has 1 aromatic carbocycles. The second kappa shape index (κ2) is 6.72. The van der Waals surface area contributed by atoms with Gasteiger partial charge in [-0.3, -0.25) is 10.1 Å². The van der Waals surface area contributed by atoms with Crippen LogP contribution in [0.4, 0.5) is 10.6 Å². The minimum atomic E-state index is -1.46. The van der Waals surface area contributed by atoms with E-state index in [-0.39, 0.29) is 6.61 Å². The molecule has 0 saturated carbocycles. The van der Waals surface area contributed by atoms with Gasteiger partial charge >= 0.3 is 12.1 Å². The molecule has 0 fully saturated rings. The Morgan fingerprint density at radius 2 is 2.00 bits per heavy atom. The Balaban J connectivity index is 2.10. The van der Waals surface area contributed by atoms with Crippen molar-refractivity contribution in [1.29, 1.82) is 0 Å². The van der Waals surface area contributed by atoms with Crippen molar-refractivity contribution in [3.63, 3.8) is 0 Å². The number of aromatic amines is 1. The SMILES string of the molecule is O=C(Nc1[nH]c(=O)c(Cl)nc1C(=O)O)OCc1ccccc1. The van der Waals surface area contributed by atoms with Gasteiger partial charge in [-0.1, -0.05) is 41.9 Å². The molecule has 8 nitrogen and oxygen atoms in total. The largest absolute Gasteiger partial charge is 0.476 e. The van der Waals surface area contributed by atoms with Crippen LogP contribution >= 0.6 is 11.6 Å². The minimum absolute atomic E-state index is 0.0136. The average molecular weight is 324 g/mol. The Hall–Kier alpha value is -2.87. The maximum atomic E-state index is 11.6. The van der Waals surface area contributed by atoms with E-state index in [1.807, 2.05) is 6.07 Å². The lowest BCUT2D eigenvalue weighted by Gasteiger charge is -2.08. The molecule has 0 atom stereocenters. The van der Waals surface area contributed by atoms with E-state index >= 15 is 0 Å². The van der Waals surface area contributed by atoms with Crippen LogP contribution in [0, 0.1) is 0 Å². The molecule has 1 aromatic heterocycles. The number of hydrogen-bond donors (Lipinski definition) is 3. The van der Waals surface area contributed by atoms with Crippen LogP contribution in [-0.2, 0) is 11.3 Å². The second-order valence-corrected chi connectivity index (χ2v) is 4.43. The van der Waals surface area contributed by atoms with Crippen molar-refractivity contribution in [2.24, 2.45) is 0 Å². The highest BCUT2D eigenvalue weighted by molar-refractivity contribution is 6.29. The van der Waals surface area contributed by atoms with Crippen LogP contribution in [0.2, 0.25) is 5.15 Å². The van der Waals surface area contributed by atoms with Crippen LogP contribution in [0.5, 0.6) is 0 Å². The monoisotopic (exact) mass is 323 g/mol. The predicted octanol–water partition coefficient (Wildman–Crippen LogP) is 1.87. The fourth-order valence-corrected chi connectivity index (χ4v) is 1.67. The van der Waals surface area contributed by atoms with Crippen LogP contribution in [-0.4, -0.2) is 27.1 Å². The maximum absolute atomic E-state index is 11.6. The standard InChI is InChI=1S/C13H10ClN3O5/c14-9-11(18)16-10(8(15-9)12(19)20)17-13(21)22-6-7-4-2-1-3-5-7/h1-5H,6H2,(H,19,20)(H2,16,17,18,21). The molecule has 22 heavy (non-hydrogen) atoms. The zero-order chi connectivity index (χ0) is 16.1. The molecule has 0 radical (unpaired) electrons. The number of hydrogen-bond acceptors (Lipinski definition) is 5. The maximum Gasteiger partial charge on any atom is 0.413 e. The van der Waals surface area contributed by atoms with E-state index in [2.05, 4.69) is 15.3 Å². The number of ether oxygens (including phenoxy) is 1. The number of anilines is 1. The summed E-state index contributed by atoms with van der Waals surface area (Å²) in [6.07, 6.45) is -0.939. The first-order chi connectivity index (χ1) is 10.5. The molecule has 2 aromatic rings. The smallest absolute Gasteiger partial charge is 0.413 e. The molecular weight excluding hydrogens is 314 g/mol. The van der Waals surface area contributed by atoms with Gasteiger partial charge < -0.3 is 14.8 Å². The molecule has 1 amide bonds. The van der Waals surface area contributed by atoms with E-state index in [4.69, 9.17) is 21.4 Å². The lowest BCUT2D eigenvalue weighted by atomic mass is 10.2. The second-order valence-electron chi connectivity index (χ2n) is 4.07. The van der Waals surface area contributed by atoms with Gasteiger partial charge in [0.1, 0.15) is 12.4 Å². The first-order valence-corrected chi connectivity index (χ1v) is 6.36. The van der Waals surface area contributed by atoms with E-state index in [1.54, 1.807) is 24.3 Å². The highest BCUT2D eigenvalue weighted by Gasteiger charge is 2.18. The summed E-state index contributed by atoms with van der Waals surface area (Å²) in [5.74, 6) is -1.86. The third-order valence-electron chi connectivity index (χ3n) is 2.52. The number of carbonyl (C=O) groups is 2. The van der Waals surface area contributed by atoms with Crippen molar-refractivity contribution in [2.45, 2.75) is 6.61 Å². The van der Waals surface area contributed by atoms with Gasteiger partial charge in [-0.25, -0.2) is 14.6 Å². The third kappa shape index (κ3) is 3.83. The number of carboxylic acids is 1. The Labute approximate surface area is 128 Å². The summed E-state index contributed by atoms with van der Waals surface area (Å²) in [6, 6.07) is 8.87. The van der Waals surface area contributed by atoms with Crippen LogP contribution < -0.4 is 10.9 Å². The number of amides is 1. The number of benzene rings is 1. The first-order valence-electron chi connectivity index (χ1n) is 5.98. The van der Waals surface area contributed by atoms with Gasteiger partial charge in [0.2, 0.25) is 0 Å². The van der Waals surface area contributed by atoms with Gasteiger partial charge in [0, 0.05) is 0 Å². The summed E-state index contributed by atoms with van der Waals surface area (Å²) in [5, 5.41) is 10.5. The summed E-state index contributed by atoms with van der Waals surface area (Å²) in [4.78, 5) is 39.5. The molecule has 0 spiro atoms. The van der Waals surface area contributed by atoms with E-state index in [0.717, 1.165) is 5.56 Å². The molecule has 0 unspecified atom stereocenters. The van der Waals surface area contributed by atoms with Gasteiger partial charge in [0.05, 0.1) is 0 Å². The number of halogens is 1. The highest BCUT2D eigenvalue weighted by atomic mass is 35.5. The van der Waals surface area contributed by atoms with Gasteiger partial charge in [-0.2, -0.15) is 0 Å². The van der Waals surface area contributed by atoms with Crippen molar-refractivity contribution < 1.29 is 19.4 Å². The number of rotatable bonds is 4. The number of aromatic carboxylic acids is 1. The molecule has 1 heterocycles. The molecule has 0 aliphatic rings. The lowest BCUT2D eigenvalue weighted by molar-refractivity contribution is 0.0691. The van der Waals surface area contributed by atoms with Crippen LogP contribution in [0.3, 0.4) is 0 Å². The van der Waals surface area contributed by atoms with Crippen LogP contribution in [0.25, 0.3) is 0 Å². The van der Waals surface area contributed by atoms with Crippen molar-refractivity contribution in [3.05, 3.63) is 57.1 Å². The zero-order valence-corrected chi connectivity index (χ0v) is 11.8. The quantitative estimate of drug-likeness (QED) is 0.789. The Bertz CT molecular complexity index is 760. The van der Waals surface area contributed by atoms with Gasteiger partial charge in [-0.05, 0) is 5.56 Å². The number of carbonyl (C=O) groups excluding carboxylic acids is 1. The van der Waals surface area contributed by atoms with Crippen molar-refractivity contribution in [1.82, 2.24) is 9.97 Å². The Morgan fingerprint density at radius 3 is 2.64 bits per heavy atom. The van der Waals surface area contributed by atoms with E-state index in [0.29, 0.717) is 0 Å². The highest BCUT2D eigenvalue weighted by Crippen LogP contribution is 2.11. The molecule has 9 heteroatoms. The van der Waals surface area contributed by atoms with E-state index < -0.39 is 34.3 Å². The van der Waals surface area contributed by atoms with Gasteiger partial charge in [0.25, 0.3) is 5.56 Å². The third-order valence-corrected chi connectivity index (χ3v) is 2.77. The summed E-state index contributed by atoms with van der Waals surface area (Å²) < 4.78 is 4.91. The Morgan fingerprint density at radius 1 is 1.32 bits per heavy atom. The summed E-state index contributed by atoms with van der Waals surface area (Å²) in [7, 11) is 0. The van der Waals surface area contributed by atoms with E-state index in [9.17, 15) is 14.4 Å². The molecule has 0 saturated heterocycles. The number of nitrogens with zero attached hydrogens (tertiary/aromatic N) is 1. The first kappa shape index (κ1) is 15.5. The van der Waals surface area contributed by atoms with Crippen LogP contribution in [0.1, 0.15) is 16.1 Å². The lowest BCUT2D eigenvalue weighted by Crippen LogP contribution is -2.22. The van der Waals surface area contributed by atoms with Crippen molar-refractivity contribution in [2.75, 3.05) is 5.32 Å². The van der Waals surface area contributed by atoms with Crippen LogP contribution in [0.15, 0.2) is 35.1 Å². The molecule has 0 aliphatic carbocycles. The van der Waals surface area contributed by atoms with E-state index in [1.165, 1.54) is 0 Å². The minimum Gasteiger partial charge on any atom is -0.476 e. The Kier molecular flexibility index (Phi) is 4.74. The number of carboxylic acid groups (broad SMARTS) is 1. The normalized spacial score (nSPS) is 10.0.